The molecule has 108 valence electrons. The lowest BCUT2D eigenvalue weighted by Gasteiger charge is -2.08. The van der Waals surface area contributed by atoms with E-state index in [2.05, 4.69) is 10.9 Å². The summed E-state index contributed by atoms with van der Waals surface area (Å²) in [5, 5.41) is 9.14. The SMILES string of the molecule is COc1ccc(C(=O)NNC(=O)c2ccc(O)cc2)cc1. The molecule has 21 heavy (non-hydrogen) atoms. The molecule has 0 fully saturated rings. The highest BCUT2D eigenvalue weighted by atomic mass is 16.5. The van der Waals surface area contributed by atoms with Gasteiger partial charge in [-0.3, -0.25) is 20.4 Å². The number of aromatic hydroxyl groups is 1. The number of carbonyl (C=O) groups excluding carboxylic acids is 2. The molecule has 6 heteroatoms. The van der Waals surface area contributed by atoms with Gasteiger partial charge in [0.2, 0.25) is 0 Å². The number of benzene rings is 2. The number of phenolic OH excluding ortho intramolecular Hbond substituents is 1. The fourth-order valence-electron chi connectivity index (χ4n) is 1.61. The zero-order chi connectivity index (χ0) is 15.2. The highest BCUT2D eigenvalue weighted by Crippen LogP contribution is 2.11. The van der Waals surface area contributed by atoms with Crippen LogP contribution in [0.2, 0.25) is 0 Å². The molecule has 2 aromatic rings. The molecule has 0 aliphatic rings. The predicted molar refractivity (Wildman–Crippen MR) is 76.0 cm³/mol. The maximum Gasteiger partial charge on any atom is 0.269 e. The Morgan fingerprint density at radius 1 is 0.857 bits per heavy atom. The van der Waals surface area contributed by atoms with Crippen molar-refractivity contribution in [2.75, 3.05) is 7.11 Å². The van der Waals surface area contributed by atoms with Gasteiger partial charge >= 0.3 is 0 Å². The van der Waals surface area contributed by atoms with Gasteiger partial charge in [-0.25, -0.2) is 0 Å². The molecular weight excluding hydrogens is 272 g/mol. The van der Waals surface area contributed by atoms with E-state index in [0.717, 1.165) is 0 Å². The largest absolute Gasteiger partial charge is 0.508 e. The Balaban J connectivity index is 1.93. The second-order valence-electron chi connectivity index (χ2n) is 4.18. The minimum absolute atomic E-state index is 0.0637. The van der Waals surface area contributed by atoms with Crippen LogP contribution in [0.5, 0.6) is 11.5 Å². The van der Waals surface area contributed by atoms with Crippen molar-refractivity contribution in [2.24, 2.45) is 0 Å². The molecular formula is C15H14N2O4. The Bertz CT molecular complexity index is 636. The molecule has 0 aromatic heterocycles. The molecule has 0 spiro atoms. The highest BCUT2D eigenvalue weighted by Gasteiger charge is 2.09. The number of methoxy groups -OCH3 is 1. The monoisotopic (exact) mass is 286 g/mol. The van der Waals surface area contributed by atoms with Crippen molar-refractivity contribution < 1.29 is 19.4 Å². The molecule has 0 aliphatic carbocycles. The predicted octanol–water partition coefficient (Wildman–Crippen LogP) is 1.48. The first kappa shape index (κ1) is 14.4. The number of nitrogens with one attached hydrogen (secondary N) is 2. The summed E-state index contributed by atoms with van der Waals surface area (Å²) in [6.07, 6.45) is 0. The zero-order valence-corrected chi connectivity index (χ0v) is 11.3. The van der Waals surface area contributed by atoms with E-state index in [-0.39, 0.29) is 5.75 Å². The smallest absolute Gasteiger partial charge is 0.269 e. The normalized spacial score (nSPS) is 9.76. The van der Waals surface area contributed by atoms with E-state index in [1.165, 1.54) is 31.4 Å². The maximum atomic E-state index is 11.8. The molecule has 0 atom stereocenters. The molecule has 6 nitrogen and oxygen atoms in total. The molecule has 0 radical (unpaired) electrons. The van der Waals surface area contributed by atoms with Crippen molar-refractivity contribution in [1.82, 2.24) is 10.9 Å². The summed E-state index contributed by atoms with van der Waals surface area (Å²) in [5.74, 6) is -0.213. The molecule has 0 saturated carbocycles. The third kappa shape index (κ3) is 3.73. The van der Waals surface area contributed by atoms with E-state index < -0.39 is 11.8 Å². The second kappa shape index (κ2) is 6.42. The molecule has 2 aromatic carbocycles. The van der Waals surface area contributed by atoms with Gasteiger partial charge in [0, 0.05) is 11.1 Å². The van der Waals surface area contributed by atoms with Crippen molar-refractivity contribution in [3.05, 3.63) is 59.7 Å². The van der Waals surface area contributed by atoms with Crippen molar-refractivity contribution in [2.45, 2.75) is 0 Å². The molecule has 0 unspecified atom stereocenters. The Morgan fingerprint density at radius 3 is 1.71 bits per heavy atom. The highest BCUT2D eigenvalue weighted by molar-refractivity contribution is 5.99. The van der Waals surface area contributed by atoms with Gasteiger partial charge in [0.15, 0.2) is 0 Å². The molecule has 3 N–H and O–H groups in total. The van der Waals surface area contributed by atoms with Crippen LogP contribution in [0, 0.1) is 0 Å². The lowest BCUT2D eigenvalue weighted by Crippen LogP contribution is -2.41. The number of hydrazine groups is 1. The van der Waals surface area contributed by atoms with Crippen LogP contribution >= 0.6 is 0 Å². The van der Waals surface area contributed by atoms with Gasteiger partial charge in [-0.1, -0.05) is 0 Å². The number of ether oxygens (including phenoxy) is 1. The van der Waals surface area contributed by atoms with E-state index in [1.54, 1.807) is 24.3 Å². The Hall–Kier alpha value is -3.02. The number of rotatable bonds is 3. The summed E-state index contributed by atoms with van der Waals surface area (Å²) in [4.78, 5) is 23.6. The van der Waals surface area contributed by atoms with Gasteiger partial charge in [-0.2, -0.15) is 0 Å². The quantitative estimate of drug-likeness (QED) is 0.746. The molecule has 0 bridgehead atoms. The minimum Gasteiger partial charge on any atom is -0.508 e. The first-order valence-electron chi connectivity index (χ1n) is 6.14. The number of carbonyl (C=O) groups is 2. The molecule has 2 rings (SSSR count). The van der Waals surface area contributed by atoms with Crippen LogP contribution in [0.15, 0.2) is 48.5 Å². The summed E-state index contributed by atoms with van der Waals surface area (Å²) < 4.78 is 4.99. The summed E-state index contributed by atoms with van der Waals surface area (Å²) in [6, 6.07) is 12.1. The number of hydrogen-bond donors (Lipinski definition) is 3. The van der Waals surface area contributed by atoms with E-state index in [0.29, 0.717) is 16.9 Å². The number of hydrogen-bond acceptors (Lipinski definition) is 4. The lowest BCUT2D eigenvalue weighted by molar-refractivity contribution is 0.0846. The van der Waals surface area contributed by atoms with Gasteiger partial charge in [0.1, 0.15) is 11.5 Å². The summed E-state index contributed by atoms with van der Waals surface area (Å²) >= 11 is 0. The minimum atomic E-state index is -0.475. The average molecular weight is 286 g/mol. The van der Waals surface area contributed by atoms with Crippen LogP contribution < -0.4 is 15.6 Å². The third-order valence-corrected chi connectivity index (χ3v) is 2.77. The molecule has 0 aliphatic heterocycles. The van der Waals surface area contributed by atoms with Crippen molar-refractivity contribution in [3.63, 3.8) is 0 Å². The Kier molecular flexibility index (Phi) is 4.40. The maximum absolute atomic E-state index is 11.8. The van der Waals surface area contributed by atoms with E-state index >= 15 is 0 Å². The van der Waals surface area contributed by atoms with Crippen LogP contribution in [0.3, 0.4) is 0 Å². The van der Waals surface area contributed by atoms with Crippen LogP contribution in [-0.4, -0.2) is 24.0 Å². The van der Waals surface area contributed by atoms with Crippen LogP contribution in [-0.2, 0) is 0 Å². The Morgan fingerprint density at radius 2 is 1.29 bits per heavy atom. The van der Waals surface area contributed by atoms with Gasteiger partial charge in [0.05, 0.1) is 7.11 Å². The Labute approximate surface area is 121 Å². The van der Waals surface area contributed by atoms with Gasteiger partial charge in [0.25, 0.3) is 11.8 Å². The first-order chi connectivity index (χ1) is 10.1. The van der Waals surface area contributed by atoms with E-state index in [9.17, 15) is 9.59 Å². The summed E-state index contributed by atoms with van der Waals surface area (Å²) in [5.41, 5.74) is 5.31. The van der Waals surface area contributed by atoms with Crippen LogP contribution in [0.25, 0.3) is 0 Å². The zero-order valence-electron chi connectivity index (χ0n) is 11.3. The average Bonchev–Trinajstić information content (AvgIpc) is 2.53. The molecule has 0 saturated heterocycles. The first-order valence-corrected chi connectivity index (χ1v) is 6.14. The van der Waals surface area contributed by atoms with Crippen LogP contribution in [0.1, 0.15) is 20.7 Å². The molecule has 2 amide bonds. The summed E-state index contributed by atoms with van der Waals surface area (Å²) in [7, 11) is 1.53. The molecule has 0 heterocycles. The standard InChI is InChI=1S/C15H14N2O4/c1-21-13-8-4-11(5-9-13)15(20)17-16-14(19)10-2-6-12(18)7-3-10/h2-9,18H,1H3,(H,16,19)(H,17,20). The van der Waals surface area contributed by atoms with Crippen molar-refractivity contribution in [3.8, 4) is 11.5 Å². The van der Waals surface area contributed by atoms with Gasteiger partial charge < -0.3 is 9.84 Å². The van der Waals surface area contributed by atoms with Gasteiger partial charge in [-0.15, -0.1) is 0 Å². The fraction of sp³-hybridized carbons (Fsp3) is 0.0667. The number of amides is 2. The third-order valence-electron chi connectivity index (χ3n) is 2.77. The topological polar surface area (TPSA) is 87.7 Å². The van der Waals surface area contributed by atoms with Crippen molar-refractivity contribution >= 4 is 11.8 Å². The van der Waals surface area contributed by atoms with Crippen molar-refractivity contribution in [1.29, 1.82) is 0 Å². The van der Waals surface area contributed by atoms with Crippen LogP contribution in [0.4, 0.5) is 0 Å². The lowest BCUT2D eigenvalue weighted by atomic mass is 10.2. The second-order valence-corrected chi connectivity index (χ2v) is 4.18. The van der Waals surface area contributed by atoms with E-state index in [1.807, 2.05) is 0 Å². The fourth-order valence-corrected chi connectivity index (χ4v) is 1.61. The van der Waals surface area contributed by atoms with E-state index in [4.69, 9.17) is 9.84 Å². The number of phenols is 1. The van der Waals surface area contributed by atoms with Gasteiger partial charge in [-0.05, 0) is 48.5 Å². The summed E-state index contributed by atoms with van der Waals surface area (Å²) in [6.45, 7) is 0.